The minimum absolute atomic E-state index is 0.0303. The molecule has 0 spiro atoms. The van der Waals surface area contributed by atoms with Gasteiger partial charge in [0.15, 0.2) is 0 Å². The van der Waals surface area contributed by atoms with Gasteiger partial charge in [-0.25, -0.2) is 14.8 Å². The number of aromatic nitrogens is 2. The average molecular weight is 416 g/mol. The van der Waals surface area contributed by atoms with Crippen LogP contribution in [0.3, 0.4) is 0 Å². The molecule has 9 heteroatoms. The fraction of sp³-hybridized carbons (Fsp3) is 0.400. The summed E-state index contributed by atoms with van der Waals surface area (Å²) in [5.41, 5.74) is 0.789. The largest absolute Gasteiger partial charge is 0.474 e. The third-order valence-electron chi connectivity index (χ3n) is 5.20. The highest BCUT2D eigenvalue weighted by Gasteiger charge is 2.33. The molecular formula is C20H22ClN5O3. The summed E-state index contributed by atoms with van der Waals surface area (Å²) in [6, 6.07) is 8.71. The number of ether oxygens (including phenoxy) is 1. The highest BCUT2D eigenvalue weighted by molar-refractivity contribution is 6.30. The summed E-state index contributed by atoms with van der Waals surface area (Å²) < 4.78 is 5.84. The number of urea groups is 1. The number of benzene rings is 1. The zero-order valence-corrected chi connectivity index (χ0v) is 16.7. The second-order valence-electron chi connectivity index (χ2n) is 7.08. The highest BCUT2D eigenvalue weighted by Crippen LogP contribution is 2.23. The van der Waals surface area contributed by atoms with Gasteiger partial charge in [0.05, 0.1) is 0 Å². The molecule has 2 aromatic rings. The van der Waals surface area contributed by atoms with Crippen LogP contribution in [0.4, 0.5) is 10.5 Å². The molecule has 8 nitrogen and oxygen atoms in total. The summed E-state index contributed by atoms with van der Waals surface area (Å²) in [5, 5.41) is 0.625. The van der Waals surface area contributed by atoms with E-state index in [1.54, 1.807) is 39.1 Å². The molecule has 0 bridgehead atoms. The Morgan fingerprint density at radius 2 is 1.86 bits per heavy atom. The van der Waals surface area contributed by atoms with Crippen molar-refractivity contribution >= 4 is 29.2 Å². The van der Waals surface area contributed by atoms with Gasteiger partial charge in [-0.2, -0.15) is 0 Å². The van der Waals surface area contributed by atoms with Crippen LogP contribution in [-0.2, 0) is 4.79 Å². The van der Waals surface area contributed by atoms with E-state index >= 15 is 0 Å². The maximum absolute atomic E-state index is 12.7. The van der Waals surface area contributed by atoms with Crippen molar-refractivity contribution < 1.29 is 14.3 Å². The van der Waals surface area contributed by atoms with E-state index in [9.17, 15) is 9.59 Å². The summed E-state index contributed by atoms with van der Waals surface area (Å²) in [6.45, 7) is 2.40. The molecule has 152 valence electrons. The molecule has 2 fully saturated rings. The van der Waals surface area contributed by atoms with Gasteiger partial charge >= 0.3 is 6.03 Å². The predicted molar refractivity (Wildman–Crippen MR) is 108 cm³/mol. The lowest BCUT2D eigenvalue weighted by atomic mass is 10.1. The second kappa shape index (κ2) is 8.65. The summed E-state index contributed by atoms with van der Waals surface area (Å²) in [6.07, 6.45) is 4.60. The highest BCUT2D eigenvalue weighted by atomic mass is 35.5. The number of halogens is 1. The Kier molecular flexibility index (Phi) is 5.80. The molecule has 3 amide bonds. The molecule has 0 aliphatic carbocycles. The number of carbonyl (C=O) groups excluding carboxylic acids is 2. The van der Waals surface area contributed by atoms with Gasteiger partial charge in [-0.15, -0.1) is 0 Å². The van der Waals surface area contributed by atoms with Gasteiger partial charge in [-0.1, -0.05) is 11.6 Å². The number of piperidine rings is 1. The second-order valence-corrected chi connectivity index (χ2v) is 7.51. The molecule has 2 saturated heterocycles. The quantitative estimate of drug-likeness (QED) is 0.749. The number of hydrogen-bond donors (Lipinski definition) is 0. The van der Waals surface area contributed by atoms with Gasteiger partial charge in [0.1, 0.15) is 19.0 Å². The smallest absolute Gasteiger partial charge is 0.325 e. The van der Waals surface area contributed by atoms with E-state index in [0.717, 1.165) is 18.5 Å². The number of rotatable bonds is 5. The van der Waals surface area contributed by atoms with Crippen LogP contribution < -0.4 is 9.64 Å². The van der Waals surface area contributed by atoms with E-state index in [1.807, 2.05) is 12.1 Å². The van der Waals surface area contributed by atoms with Gasteiger partial charge in [0.2, 0.25) is 11.8 Å². The molecule has 0 saturated carbocycles. The Labute approximate surface area is 174 Å². The lowest BCUT2D eigenvalue weighted by Gasteiger charge is -2.32. The summed E-state index contributed by atoms with van der Waals surface area (Å²) >= 11 is 5.91. The first-order valence-electron chi connectivity index (χ1n) is 9.62. The monoisotopic (exact) mass is 415 g/mol. The lowest BCUT2D eigenvalue weighted by Crippen LogP contribution is -2.47. The zero-order valence-electron chi connectivity index (χ0n) is 15.9. The van der Waals surface area contributed by atoms with Crippen molar-refractivity contribution in [3.05, 3.63) is 47.9 Å². The Balaban J connectivity index is 1.27. The third-order valence-corrected chi connectivity index (χ3v) is 5.45. The number of nitrogens with zero attached hydrogens (tertiary/aromatic N) is 5. The van der Waals surface area contributed by atoms with Crippen molar-refractivity contribution in [1.29, 1.82) is 0 Å². The van der Waals surface area contributed by atoms with Gasteiger partial charge in [-0.3, -0.25) is 9.69 Å². The minimum atomic E-state index is -0.150. The molecule has 0 N–H and O–H groups in total. The average Bonchev–Trinajstić information content (AvgIpc) is 3.10. The van der Waals surface area contributed by atoms with E-state index < -0.39 is 0 Å². The predicted octanol–water partition coefficient (Wildman–Crippen LogP) is 2.44. The summed E-state index contributed by atoms with van der Waals surface area (Å²) in [5.74, 6) is 0.520. The number of likely N-dealkylation sites (tertiary alicyclic amines) is 1. The van der Waals surface area contributed by atoms with Crippen molar-refractivity contribution in [3.63, 3.8) is 0 Å². The van der Waals surface area contributed by atoms with Gasteiger partial charge in [0, 0.05) is 62.0 Å². The van der Waals surface area contributed by atoms with Crippen molar-refractivity contribution in [3.8, 4) is 5.88 Å². The molecule has 3 heterocycles. The molecule has 0 unspecified atom stereocenters. The van der Waals surface area contributed by atoms with E-state index in [1.165, 1.54) is 6.33 Å². The Hall–Kier alpha value is -2.87. The van der Waals surface area contributed by atoms with Crippen LogP contribution in [0.1, 0.15) is 12.8 Å². The maximum Gasteiger partial charge on any atom is 0.325 e. The molecule has 0 atom stereocenters. The van der Waals surface area contributed by atoms with Crippen molar-refractivity contribution in [2.24, 2.45) is 0 Å². The molecule has 2 aliphatic rings. The molecule has 4 rings (SSSR count). The summed E-state index contributed by atoms with van der Waals surface area (Å²) in [4.78, 5) is 38.4. The zero-order chi connectivity index (χ0) is 20.2. The van der Waals surface area contributed by atoms with Gasteiger partial charge in [-0.05, 0) is 24.3 Å². The normalized spacial score (nSPS) is 17.7. The van der Waals surface area contributed by atoms with Crippen molar-refractivity contribution in [2.75, 3.05) is 37.6 Å². The van der Waals surface area contributed by atoms with Crippen LogP contribution in [0, 0.1) is 0 Å². The Bertz CT molecular complexity index is 856. The van der Waals surface area contributed by atoms with Crippen LogP contribution in [-0.4, -0.2) is 70.5 Å². The van der Waals surface area contributed by atoms with Crippen LogP contribution in [0.2, 0.25) is 5.02 Å². The van der Waals surface area contributed by atoms with Gasteiger partial charge < -0.3 is 14.5 Å². The third kappa shape index (κ3) is 4.59. The standard InChI is InChI=1S/C20H22ClN5O3/c21-15-1-3-16(4-2-15)26-12-11-25(20(26)28)13-19(27)24-9-6-17(7-10-24)29-18-5-8-22-14-23-18/h1-5,8,14,17H,6-7,9-13H2. The number of amides is 3. The fourth-order valence-electron chi connectivity index (χ4n) is 3.60. The first-order valence-corrected chi connectivity index (χ1v) is 10.0. The number of hydrogen-bond acceptors (Lipinski definition) is 5. The van der Waals surface area contributed by atoms with E-state index in [2.05, 4.69) is 9.97 Å². The SMILES string of the molecule is O=C(CN1CCN(c2ccc(Cl)cc2)C1=O)N1CCC(Oc2ccncn2)CC1. The fourth-order valence-corrected chi connectivity index (χ4v) is 3.72. The van der Waals surface area contributed by atoms with Gasteiger partial charge in [0.25, 0.3) is 0 Å². The van der Waals surface area contributed by atoms with E-state index in [0.29, 0.717) is 37.1 Å². The van der Waals surface area contributed by atoms with Crippen molar-refractivity contribution in [1.82, 2.24) is 19.8 Å². The van der Waals surface area contributed by atoms with Crippen LogP contribution in [0.5, 0.6) is 5.88 Å². The lowest BCUT2D eigenvalue weighted by molar-refractivity contribution is -0.133. The molecular weight excluding hydrogens is 394 g/mol. The summed E-state index contributed by atoms with van der Waals surface area (Å²) in [7, 11) is 0. The van der Waals surface area contributed by atoms with E-state index in [-0.39, 0.29) is 24.6 Å². The first kappa shape index (κ1) is 19.4. The van der Waals surface area contributed by atoms with Crippen LogP contribution in [0.15, 0.2) is 42.9 Å². The minimum Gasteiger partial charge on any atom is -0.474 e. The first-order chi connectivity index (χ1) is 14.1. The number of carbonyl (C=O) groups is 2. The van der Waals surface area contributed by atoms with Crippen molar-refractivity contribution in [2.45, 2.75) is 18.9 Å². The molecule has 2 aliphatic heterocycles. The Morgan fingerprint density at radius 1 is 1.10 bits per heavy atom. The van der Waals surface area contributed by atoms with Crippen LogP contribution >= 0.6 is 11.6 Å². The van der Waals surface area contributed by atoms with Crippen LogP contribution in [0.25, 0.3) is 0 Å². The molecule has 1 aromatic carbocycles. The molecule has 1 aromatic heterocycles. The van der Waals surface area contributed by atoms with E-state index in [4.69, 9.17) is 16.3 Å². The number of anilines is 1. The molecule has 0 radical (unpaired) electrons. The molecule has 29 heavy (non-hydrogen) atoms. The maximum atomic E-state index is 12.7. The topological polar surface area (TPSA) is 78.9 Å². The Morgan fingerprint density at radius 3 is 2.55 bits per heavy atom.